The summed E-state index contributed by atoms with van der Waals surface area (Å²) in [5.41, 5.74) is 4.40. The van der Waals surface area contributed by atoms with Crippen LogP contribution in [0.15, 0.2) is 58.9 Å². The van der Waals surface area contributed by atoms with Crippen LogP contribution in [0, 0.1) is 11.3 Å². The molecule has 1 aliphatic rings. The number of hydrogen-bond donors (Lipinski definition) is 1. The Morgan fingerprint density at radius 3 is 2.26 bits per heavy atom. The zero-order chi connectivity index (χ0) is 23.0. The second-order valence-corrected chi connectivity index (χ2v) is 9.31. The minimum absolute atomic E-state index is 0.0167. The number of allylic oxidation sites excluding steroid dienone is 3. The Morgan fingerprint density at radius 1 is 1.06 bits per heavy atom. The summed E-state index contributed by atoms with van der Waals surface area (Å²) >= 11 is 0. The molecule has 0 aliphatic heterocycles. The van der Waals surface area contributed by atoms with Gasteiger partial charge in [0.25, 0.3) is 0 Å². The van der Waals surface area contributed by atoms with Gasteiger partial charge in [-0.1, -0.05) is 88.4 Å². The molecule has 3 nitrogen and oxygen atoms in total. The first-order valence-electron chi connectivity index (χ1n) is 11.7. The van der Waals surface area contributed by atoms with Crippen LogP contribution in [0.25, 0.3) is 0 Å². The summed E-state index contributed by atoms with van der Waals surface area (Å²) in [4.78, 5) is 11.8. The molecule has 2 rings (SSSR count). The van der Waals surface area contributed by atoms with Crippen molar-refractivity contribution in [2.75, 3.05) is 7.11 Å². The van der Waals surface area contributed by atoms with Crippen LogP contribution in [-0.4, -0.2) is 18.2 Å². The van der Waals surface area contributed by atoms with Gasteiger partial charge in [-0.05, 0) is 49.7 Å². The lowest BCUT2D eigenvalue weighted by atomic mass is 9.66. The molecule has 1 aromatic rings. The molecular weight excluding hydrogens is 384 g/mol. The zero-order valence-electron chi connectivity index (χ0n) is 20.3. The largest absolute Gasteiger partial charge is 0.500 e. The molecule has 170 valence electrons. The van der Waals surface area contributed by atoms with Gasteiger partial charge < -0.3 is 9.84 Å². The van der Waals surface area contributed by atoms with Gasteiger partial charge in [0.2, 0.25) is 0 Å². The van der Waals surface area contributed by atoms with Gasteiger partial charge in [-0.15, -0.1) is 0 Å². The minimum Gasteiger partial charge on any atom is -0.500 e. The summed E-state index contributed by atoms with van der Waals surface area (Å²) in [5.74, 6) is -0.115. The Hall–Kier alpha value is -2.29. The standard InChI is InChI=1S/C28H40O3/c1-7-8-9-10-11-13-22-16-18-23(19-17-22)14-12-15-24-26(31-6)20(2)25(27(29)30)21(3)28(24,4)5/h12,15-19,24H,7-11,13-14H2,1-6H3,(H,29,30). The van der Waals surface area contributed by atoms with Crippen LogP contribution in [0.2, 0.25) is 0 Å². The normalized spacial score (nSPS) is 18.7. The molecule has 0 radical (unpaired) electrons. The topological polar surface area (TPSA) is 46.5 Å². The van der Waals surface area contributed by atoms with E-state index in [0.717, 1.165) is 29.7 Å². The van der Waals surface area contributed by atoms with Crippen molar-refractivity contribution in [1.29, 1.82) is 0 Å². The third kappa shape index (κ3) is 6.12. The molecule has 1 atom stereocenters. The molecule has 1 aromatic carbocycles. The maximum absolute atomic E-state index is 11.8. The number of hydrogen-bond acceptors (Lipinski definition) is 2. The van der Waals surface area contributed by atoms with Crippen LogP contribution in [0.4, 0.5) is 0 Å². The van der Waals surface area contributed by atoms with E-state index in [4.69, 9.17) is 4.74 Å². The average molecular weight is 425 g/mol. The fraction of sp³-hybridized carbons (Fsp3) is 0.536. The number of unbranched alkanes of at least 4 members (excludes halogenated alkanes) is 4. The maximum Gasteiger partial charge on any atom is 0.336 e. The highest BCUT2D eigenvalue weighted by Gasteiger charge is 2.41. The van der Waals surface area contributed by atoms with Gasteiger partial charge in [0.05, 0.1) is 12.7 Å². The molecule has 0 spiro atoms. The number of aliphatic carboxylic acids is 1. The highest BCUT2D eigenvalue weighted by molar-refractivity contribution is 5.93. The molecule has 0 fully saturated rings. The van der Waals surface area contributed by atoms with Crippen molar-refractivity contribution in [2.24, 2.45) is 11.3 Å². The van der Waals surface area contributed by atoms with Crippen molar-refractivity contribution in [2.45, 2.75) is 79.6 Å². The summed E-state index contributed by atoms with van der Waals surface area (Å²) in [6.45, 7) is 10.2. The predicted molar refractivity (Wildman–Crippen MR) is 129 cm³/mol. The molecule has 0 saturated heterocycles. The fourth-order valence-electron chi connectivity index (χ4n) is 4.56. The molecule has 1 N–H and O–H groups in total. The second-order valence-electron chi connectivity index (χ2n) is 9.31. The first-order valence-corrected chi connectivity index (χ1v) is 11.7. The van der Waals surface area contributed by atoms with E-state index in [1.807, 2.05) is 13.8 Å². The van der Waals surface area contributed by atoms with Crippen molar-refractivity contribution < 1.29 is 14.6 Å². The highest BCUT2D eigenvalue weighted by Crippen LogP contribution is 2.48. The van der Waals surface area contributed by atoms with Crippen molar-refractivity contribution in [1.82, 2.24) is 0 Å². The number of methoxy groups -OCH3 is 1. The van der Waals surface area contributed by atoms with Crippen LogP contribution in [0.5, 0.6) is 0 Å². The van der Waals surface area contributed by atoms with Crippen molar-refractivity contribution in [3.05, 3.63) is 70.0 Å². The van der Waals surface area contributed by atoms with Crippen molar-refractivity contribution >= 4 is 5.97 Å². The third-order valence-corrected chi connectivity index (χ3v) is 6.85. The second kappa shape index (κ2) is 11.4. The number of carbonyl (C=O) groups is 1. The van der Waals surface area contributed by atoms with E-state index < -0.39 is 5.97 Å². The van der Waals surface area contributed by atoms with E-state index >= 15 is 0 Å². The van der Waals surface area contributed by atoms with Crippen LogP contribution < -0.4 is 0 Å². The van der Waals surface area contributed by atoms with E-state index in [1.54, 1.807) is 7.11 Å². The number of benzene rings is 1. The Balaban J connectivity index is 2.05. The van der Waals surface area contributed by atoms with E-state index in [-0.39, 0.29) is 11.3 Å². The monoisotopic (exact) mass is 424 g/mol. The molecule has 1 unspecified atom stereocenters. The Bertz CT molecular complexity index is 838. The van der Waals surface area contributed by atoms with Gasteiger partial charge in [-0.2, -0.15) is 0 Å². The van der Waals surface area contributed by atoms with Gasteiger partial charge in [-0.25, -0.2) is 4.79 Å². The Kier molecular flexibility index (Phi) is 9.15. The van der Waals surface area contributed by atoms with Crippen molar-refractivity contribution in [3.8, 4) is 0 Å². The van der Waals surface area contributed by atoms with Gasteiger partial charge in [-0.3, -0.25) is 0 Å². The summed E-state index contributed by atoms with van der Waals surface area (Å²) in [7, 11) is 1.64. The summed E-state index contributed by atoms with van der Waals surface area (Å²) < 4.78 is 5.69. The minimum atomic E-state index is -0.884. The van der Waals surface area contributed by atoms with E-state index in [1.165, 1.54) is 43.2 Å². The SMILES string of the molecule is CCCCCCCc1ccc(CC=CC2C(OC)=C(C)C(C(=O)O)=C(C)C2(C)C)cc1. The predicted octanol–water partition coefficient (Wildman–Crippen LogP) is 7.28. The summed E-state index contributed by atoms with van der Waals surface area (Å²) in [6.07, 6.45) is 13.0. The van der Waals surface area contributed by atoms with Crippen LogP contribution in [-0.2, 0) is 22.4 Å². The Labute approximate surface area is 188 Å². The smallest absolute Gasteiger partial charge is 0.336 e. The maximum atomic E-state index is 11.8. The quantitative estimate of drug-likeness (QED) is 0.300. The van der Waals surface area contributed by atoms with E-state index in [2.05, 4.69) is 57.2 Å². The molecule has 0 heterocycles. The third-order valence-electron chi connectivity index (χ3n) is 6.85. The lowest BCUT2D eigenvalue weighted by Gasteiger charge is -2.40. The first kappa shape index (κ1) is 25.0. The van der Waals surface area contributed by atoms with Gasteiger partial charge in [0.15, 0.2) is 0 Å². The first-order chi connectivity index (χ1) is 14.7. The van der Waals surface area contributed by atoms with Crippen LogP contribution in [0.3, 0.4) is 0 Å². The van der Waals surface area contributed by atoms with Crippen LogP contribution >= 0.6 is 0 Å². The molecule has 0 bridgehead atoms. The van der Waals surface area contributed by atoms with Gasteiger partial charge in [0.1, 0.15) is 5.76 Å². The van der Waals surface area contributed by atoms with Gasteiger partial charge >= 0.3 is 5.97 Å². The molecule has 31 heavy (non-hydrogen) atoms. The van der Waals surface area contributed by atoms with E-state index in [0.29, 0.717) is 5.57 Å². The molecule has 3 heteroatoms. The Morgan fingerprint density at radius 2 is 1.68 bits per heavy atom. The zero-order valence-corrected chi connectivity index (χ0v) is 20.3. The molecule has 1 aliphatic carbocycles. The van der Waals surface area contributed by atoms with Gasteiger partial charge in [0, 0.05) is 11.5 Å². The summed E-state index contributed by atoms with van der Waals surface area (Å²) in [6, 6.07) is 8.96. The highest BCUT2D eigenvalue weighted by atomic mass is 16.5. The van der Waals surface area contributed by atoms with Crippen molar-refractivity contribution in [3.63, 3.8) is 0 Å². The lowest BCUT2D eigenvalue weighted by Crippen LogP contribution is -2.33. The lowest BCUT2D eigenvalue weighted by molar-refractivity contribution is -0.132. The number of rotatable bonds is 11. The number of carboxylic acid groups (broad SMARTS) is 1. The number of aryl methyl sites for hydroxylation is 1. The molecule has 0 aromatic heterocycles. The molecule has 0 saturated carbocycles. The number of ether oxygens (including phenoxy) is 1. The van der Waals surface area contributed by atoms with E-state index in [9.17, 15) is 9.90 Å². The number of carboxylic acids is 1. The molecular formula is C28H40O3. The summed E-state index contributed by atoms with van der Waals surface area (Å²) in [5, 5.41) is 9.68. The average Bonchev–Trinajstić information content (AvgIpc) is 2.73. The fourth-order valence-corrected chi connectivity index (χ4v) is 4.56. The molecule has 0 amide bonds. The van der Waals surface area contributed by atoms with Crippen LogP contribution in [0.1, 0.15) is 77.8 Å².